The number of nitriles is 1. The van der Waals surface area contributed by atoms with Crippen LogP contribution < -0.4 is 57.5 Å². The zero-order valence-electron chi connectivity index (χ0n) is 4.03. The standard InChI is InChI=1S/CHN.Cu.K.H3N.H/c1-2;;;;/h1H;;;1H3;/q;;+1;;-1. The molecule has 0 aliphatic rings. The summed E-state index contributed by atoms with van der Waals surface area (Å²) in [6.07, 6.45) is 0. The minimum atomic E-state index is 0. The van der Waals surface area contributed by atoms with Crippen LogP contribution in [0.3, 0.4) is 0 Å². The molecule has 31 valence electrons. The number of rotatable bonds is 0. The van der Waals surface area contributed by atoms with E-state index >= 15 is 0 Å². The van der Waals surface area contributed by atoms with Gasteiger partial charge in [0, 0.05) is 23.6 Å². The summed E-state index contributed by atoms with van der Waals surface area (Å²) < 4.78 is 0. The van der Waals surface area contributed by atoms with Crippen molar-refractivity contribution in [3.8, 4) is 6.57 Å². The summed E-state index contributed by atoms with van der Waals surface area (Å²) in [6.45, 7) is 3.50. The molecule has 0 atom stereocenters. The van der Waals surface area contributed by atoms with Crippen molar-refractivity contribution in [2.75, 3.05) is 0 Å². The van der Waals surface area contributed by atoms with Gasteiger partial charge in [-0.05, 0) is 0 Å². The largest absolute Gasteiger partial charge is 1.00 e. The maximum atomic E-state index is 6.50. The Balaban J connectivity index is -0.000000000833. The Bertz CT molecular complexity index is 18.3. The Morgan fingerprint density at radius 3 is 1.40 bits per heavy atom. The molecule has 3 N–H and O–H groups in total. The van der Waals surface area contributed by atoms with Gasteiger partial charge in [-0.15, -0.1) is 0 Å². The van der Waals surface area contributed by atoms with E-state index in [2.05, 4.69) is 6.57 Å². The zero-order chi connectivity index (χ0) is 2.00. The van der Waals surface area contributed by atoms with Gasteiger partial charge < -0.3 is 7.58 Å². The molecule has 0 amide bonds. The molecule has 0 aromatic rings. The van der Waals surface area contributed by atoms with E-state index in [9.17, 15) is 0 Å². The molecule has 0 aromatic heterocycles. The maximum absolute atomic E-state index is 6.50. The normalized spacial score (nSPS) is 0.400. The third-order valence-corrected chi connectivity index (χ3v) is 0. The van der Waals surface area contributed by atoms with Gasteiger partial charge >= 0.3 is 51.4 Å². The first-order valence-electron chi connectivity index (χ1n) is 0.258. The van der Waals surface area contributed by atoms with Crippen LogP contribution >= 0.6 is 0 Å². The molecular weight excluding hydrogens is 143 g/mol. The molecule has 0 saturated carbocycles. The van der Waals surface area contributed by atoms with Gasteiger partial charge in [0.15, 0.2) is 0 Å². The molecule has 0 aromatic carbocycles. The van der Waals surface area contributed by atoms with Crippen molar-refractivity contribution in [2.45, 2.75) is 0 Å². The van der Waals surface area contributed by atoms with Gasteiger partial charge in [0.25, 0.3) is 0 Å². The molecule has 0 aliphatic heterocycles. The molecule has 1 radical (unpaired) electrons. The Morgan fingerprint density at radius 2 is 1.40 bits per heavy atom. The first kappa shape index (κ1) is 30.6. The fraction of sp³-hybridized carbons (Fsp3) is 0. The summed E-state index contributed by atoms with van der Waals surface area (Å²) >= 11 is 0. The molecular formula is CH5CuKN2. The van der Waals surface area contributed by atoms with Gasteiger partial charge in [-0.2, -0.15) is 0 Å². The molecule has 0 fully saturated rings. The van der Waals surface area contributed by atoms with E-state index in [4.69, 9.17) is 5.26 Å². The molecule has 0 heterocycles. The van der Waals surface area contributed by atoms with Crippen LogP contribution in [0.2, 0.25) is 0 Å². The molecule has 0 saturated heterocycles. The summed E-state index contributed by atoms with van der Waals surface area (Å²) in [4.78, 5) is 0. The van der Waals surface area contributed by atoms with Crippen LogP contribution in [0.1, 0.15) is 1.43 Å². The molecule has 0 spiro atoms. The fourth-order valence-electron chi connectivity index (χ4n) is 0. The van der Waals surface area contributed by atoms with Gasteiger partial charge in [0.05, 0.1) is 0 Å². The van der Waals surface area contributed by atoms with Gasteiger partial charge in [0.1, 0.15) is 0 Å². The van der Waals surface area contributed by atoms with E-state index in [-0.39, 0.29) is 76.0 Å². The third-order valence-electron chi connectivity index (χ3n) is 0. The summed E-state index contributed by atoms with van der Waals surface area (Å²) in [5.41, 5.74) is 0. The zero-order valence-corrected chi connectivity index (χ0v) is 7.10. The third kappa shape index (κ3) is 28.3. The van der Waals surface area contributed by atoms with Gasteiger partial charge in [-0.1, -0.05) is 0 Å². The second-order valence-electron chi connectivity index (χ2n) is 0. The summed E-state index contributed by atoms with van der Waals surface area (Å²) in [5, 5.41) is 6.50. The molecule has 0 unspecified atom stereocenters. The predicted molar refractivity (Wildman–Crippen MR) is 12.8 cm³/mol. The number of hydrogen-bond donors (Lipinski definition) is 1. The topological polar surface area (TPSA) is 58.8 Å². The summed E-state index contributed by atoms with van der Waals surface area (Å²) in [6, 6.07) is 0. The van der Waals surface area contributed by atoms with E-state index in [1.54, 1.807) is 0 Å². The Hall–Kier alpha value is 1.61. The smallest absolute Gasteiger partial charge is 1.00 e. The molecule has 4 heteroatoms. The second kappa shape index (κ2) is 46.1. The van der Waals surface area contributed by atoms with E-state index < -0.39 is 0 Å². The Labute approximate surface area is 86.3 Å². The molecule has 2 nitrogen and oxygen atoms in total. The molecule has 0 aliphatic carbocycles. The Morgan fingerprint density at radius 1 is 1.40 bits per heavy atom. The van der Waals surface area contributed by atoms with E-state index in [0.29, 0.717) is 0 Å². The van der Waals surface area contributed by atoms with Crippen molar-refractivity contribution < 1.29 is 69.9 Å². The monoisotopic (exact) mass is 147 g/mol. The molecule has 5 heavy (non-hydrogen) atoms. The van der Waals surface area contributed by atoms with Gasteiger partial charge in [-0.3, -0.25) is 0 Å². The fourth-order valence-corrected chi connectivity index (χ4v) is 0. The maximum Gasteiger partial charge on any atom is 1.00 e. The summed E-state index contributed by atoms with van der Waals surface area (Å²) in [7, 11) is 0. The van der Waals surface area contributed by atoms with Crippen LogP contribution in [0.4, 0.5) is 0 Å². The van der Waals surface area contributed by atoms with Gasteiger partial charge in [0.2, 0.25) is 0 Å². The van der Waals surface area contributed by atoms with Crippen LogP contribution in [-0.4, -0.2) is 0 Å². The van der Waals surface area contributed by atoms with Crippen LogP contribution in [-0.2, 0) is 17.1 Å². The van der Waals surface area contributed by atoms with Crippen molar-refractivity contribution in [1.29, 1.82) is 5.26 Å². The van der Waals surface area contributed by atoms with E-state index in [0.717, 1.165) is 0 Å². The summed E-state index contributed by atoms with van der Waals surface area (Å²) in [5.74, 6) is 0. The van der Waals surface area contributed by atoms with Crippen LogP contribution in [0, 0.1) is 11.8 Å². The minimum absolute atomic E-state index is 0. The van der Waals surface area contributed by atoms with Gasteiger partial charge in [-0.25, -0.2) is 5.26 Å². The van der Waals surface area contributed by atoms with Crippen molar-refractivity contribution in [3.63, 3.8) is 0 Å². The number of hydrogen-bond acceptors (Lipinski definition) is 2. The van der Waals surface area contributed by atoms with Crippen molar-refractivity contribution >= 4 is 0 Å². The minimum Gasteiger partial charge on any atom is -1.00 e. The SMILES string of the molecule is C#N.N.[Cu].[H-].[K+]. The van der Waals surface area contributed by atoms with E-state index in [1.165, 1.54) is 0 Å². The first-order valence-corrected chi connectivity index (χ1v) is 0.258. The average molecular weight is 148 g/mol. The first-order chi connectivity index (χ1) is 1.00. The van der Waals surface area contributed by atoms with Crippen molar-refractivity contribution in [1.82, 2.24) is 6.15 Å². The molecule has 0 rings (SSSR count). The van der Waals surface area contributed by atoms with Crippen LogP contribution in [0.25, 0.3) is 0 Å². The van der Waals surface area contributed by atoms with Crippen LogP contribution in [0.5, 0.6) is 0 Å². The van der Waals surface area contributed by atoms with Crippen molar-refractivity contribution in [3.05, 3.63) is 0 Å². The number of nitrogens with zero attached hydrogens (tertiary/aromatic N) is 1. The quantitative estimate of drug-likeness (QED) is 0.383. The molecule has 0 bridgehead atoms. The average Bonchev–Trinajstić information content (AvgIpc) is 1.00. The van der Waals surface area contributed by atoms with Crippen LogP contribution in [0.15, 0.2) is 0 Å². The van der Waals surface area contributed by atoms with E-state index in [1.807, 2.05) is 0 Å². The predicted octanol–water partition coefficient (Wildman–Crippen LogP) is -2.58. The van der Waals surface area contributed by atoms with Crippen molar-refractivity contribution in [2.24, 2.45) is 0 Å². The second-order valence-corrected chi connectivity index (χ2v) is 0. The Kier molecular flexibility index (Phi) is 282.